The molecule has 0 amide bonds. The molecule has 1 aromatic carbocycles. The third-order valence-corrected chi connectivity index (χ3v) is 2.49. The van der Waals surface area contributed by atoms with Gasteiger partial charge in [0.15, 0.2) is 5.11 Å². The van der Waals surface area contributed by atoms with Crippen LogP contribution in [-0.4, -0.2) is 23.4 Å². The monoisotopic (exact) mass is 262 g/mol. The van der Waals surface area contributed by atoms with Crippen molar-refractivity contribution < 1.29 is 9.50 Å². The molecule has 3 nitrogen and oxygen atoms in total. The Hall–Kier alpha value is -0.910. The fourth-order valence-electron chi connectivity index (χ4n) is 1.07. The van der Waals surface area contributed by atoms with Gasteiger partial charge in [0, 0.05) is 18.1 Å². The molecule has 88 valence electrons. The Morgan fingerprint density at radius 3 is 2.81 bits per heavy atom. The Morgan fingerprint density at radius 2 is 2.19 bits per heavy atom. The van der Waals surface area contributed by atoms with Crippen LogP contribution in [0.2, 0.25) is 5.02 Å². The lowest BCUT2D eigenvalue weighted by molar-refractivity contribution is 0.300. The largest absolute Gasteiger partial charge is 0.395 e. The van der Waals surface area contributed by atoms with Gasteiger partial charge in [-0.25, -0.2) is 4.39 Å². The average molecular weight is 263 g/mol. The van der Waals surface area contributed by atoms with E-state index in [1.807, 2.05) is 0 Å². The molecule has 0 atom stereocenters. The molecule has 1 aromatic rings. The first-order valence-corrected chi connectivity index (χ1v) is 5.48. The SMILES string of the molecule is OCCNC(=S)NCc1ccc(F)cc1Cl. The molecule has 0 aliphatic heterocycles. The zero-order valence-electron chi connectivity index (χ0n) is 8.46. The van der Waals surface area contributed by atoms with Crippen LogP contribution in [0.3, 0.4) is 0 Å². The highest BCUT2D eigenvalue weighted by Crippen LogP contribution is 2.16. The van der Waals surface area contributed by atoms with Gasteiger partial charge >= 0.3 is 0 Å². The van der Waals surface area contributed by atoms with Crippen molar-refractivity contribution in [2.75, 3.05) is 13.2 Å². The molecule has 0 saturated carbocycles. The highest BCUT2D eigenvalue weighted by molar-refractivity contribution is 7.80. The number of aliphatic hydroxyl groups is 1. The lowest BCUT2D eigenvalue weighted by atomic mass is 10.2. The zero-order chi connectivity index (χ0) is 12.0. The molecule has 0 aliphatic carbocycles. The van der Waals surface area contributed by atoms with Crippen LogP contribution in [0.25, 0.3) is 0 Å². The molecule has 3 N–H and O–H groups in total. The van der Waals surface area contributed by atoms with Crippen molar-refractivity contribution in [2.45, 2.75) is 6.54 Å². The Bertz CT molecular complexity index is 376. The van der Waals surface area contributed by atoms with Crippen molar-refractivity contribution in [3.05, 3.63) is 34.6 Å². The number of nitrogens with one attached hydrogen (secondary N) is 2. The van der Waals surface area contributed by atoms with Gasteiger partial charge in [-0.2, -0.15) is 0 Å². The molecular formula is C10H12ClFN2OS. The Kier molecular flexibility index (Phi) is 5.45. The molecule has 0 aliphatic rings. The standard InChI is InChI=1S/C10H12ClFN2OS/c11-9-5-8(12)2-1-7(9)6-14-10(16)13-3-4-15/h1-2,5,15H,3-4,6H2,(H2,13,14,16). The summed E-state index contributed by atoms with van der Waals surface area (Å²) < 4.78 is 12.7. The van der Waals surface area contributed by atoms with E-state index in [9.17, 15) is 4.39 Å². The van der Waals surface area contributed by atoms with E-state index in [-0.39, 0.29) is 12.4 Å². The van der Waals surface area contributed by atoms with Crippen LogP contribution in [0.4, 0.5) is 4.39 Å². The van der Waals surface area contributed by atoms with E-state index in [0.29, 0.717) is 23.2 Å². The summed E-state index contributed by atoms with van der Waals surface area (Å²) in [5, 5.41) is 15.0. The minimum atomic E-state index is -0.366. The van der Waals surface area contributed by atoms with E-state index >= 15 is 0 Å². The first-order valence-electron chi connectivity index (χ1n) is 4.70. The number of hydrogen-bond acceptors (Lipinski definition) is 2. The van der Waals surface area contributed by atoms with Crippen LogP contribution in [0.15, 0.2) is 18.2 Å². The number of thiocarbonyl (C=S) groups is 1. The normalized spacial score (nSPS) is 9.94. The number of halogens is 2. The highest BCUT2D eigenvalue weighted by atomic mass is 35.5. The molecule has 0 radical (unpaired) electrons. The smallest absolute Gasteiger partial charge is 0.166 e. The Morgan fingerprint density at radius 1 is 1.44 bits per heavy atom. The van der Waals surface area contributed by atoms with Gasteiger partial charge in [-0.3, -0.25) is 0 Å². The van der Waals surface area contributed by atoms with Crippen LogP contribution < -0.4 is 10.6 Å². The van der Waals surface area contributed by atoms with Gasteiger partial charge < -0.3 is 15.7 Å². The molecule has 0 aromatic heterocycles. The molecule has 0 unspecified atom stereocenters. The summed E-state index contributed by atoms with van der Waals surface area (Å²) in [7, 11) is 0. The summed E-state index contributed by atoms with van der Waals surface area (Å²) in [6.45, 7) is 0.818. The molecule has 6 heteroatoms. The first-order chi connectivity index (χ1) is 7.63. The first kappa shape index (κ1) is 13.2. The van der Waals surface area contributed by atoms with Crippen molar-refractivity contribution in [1.29, 1.82) is 0 Å². The lowest BCUT2D eigenvalue weighted by Crippen LogP contribution is -2.36. The topological polar surface area (TPSA) is 44.3 Å². The van der Waals surface area contributed by atoms with Crippen molar-refractivity contribution in [2.24, 2.45) is 0 Å². The maximum Gasteiger partial charge on any atom is 0.166 e. The molecule has 16 heavy (non-hydrogen) atoms. The lowest BCUT2D eigenvalue weighted by Gasteiger charge is -2.10. The number of aliphatic hydroxyl groups excluding tert-OH is 1. The second kappa shape index (κ2) is 6.62. The Balaban J connectivity index is 2.45. The van der Waals surface area contributed by atoms with Gasteiger partial charge in [0.05, 0.1) is 6.61 Å². The molecule has 0 bridgehead atoms. The maximum absolute atomic E-state index is 12.7. The van der Waals surface area contributed by atoms with Crippen molar-refractivity contribution in [1.82, 2.24) is 10.6 Å². The molecule has 0 saturated heterocycles. The van der Waals surface area contributed by atoms with Gasteiger partial charge in [0.1, 0.15) is 5.82 Å². The molecule has 0 fully saturated rings. The summed E-state index contributed by atoms with van der Waals surface area (Å²) in [5.74, 6) is -0.366. The van der Waals surface area contributed by atoms with Crippen LogP contribution in [0.5, 0.6) is 0 Å². The summed E-state index contributed by atoms with van der Waals surface area (Å²) in [6, 6.07) is 4.19. The third-order valence-electron chi connectivity index (χ3n) is 1.85. The van der Waals surface area contributed by atoms with E-state index in [4.69, 9.17) is 28.9 Å². The second-order valence-electron chi connectivity index (χ2n) is 3.07. The Labute approximate surface area is 104 Å². The fraction of sp³-hybridized carbons (Fsp3) is 0.300. The summed E-state index contributed by atoms with van der Waals surface area (Å²) >= 11 is 10.8. The van der Waals surface area contributed by atoms with Crippen LogP contribution >= 0.6 is 23.8 Å². The van der Waals surface area contributed by atoms with E-state index in [1.165, 1.54) is 12.1 Å². The zero-order valence-corrected chi connectivity index (χ0v) is 10.0. The van der Waals surface area contributed by atoms with Gasteiger partial charge in [-0.15, -0.1) is 0 Å². The van der Waals surface area contributed by atoms with E-state index < -0.39 is 0 Å². The van der Waals surface area contributed by atoms with Gasteiger partial charge in [0.2, 0.25) is 0 Å². The molecule has 0 spiro atoms. The van der Waals surface area contributed by atoms with Crippen LogP contribution in [0.1, 0.15) is 5.56 Å². The second-order valence-corrected chi connectivity index (χ2v) is 3.88. The van der Waals surface area contributed by atoms with E-state index in [0.717, 1.165) is 5.56 Å². The molecule has 1 rings (SSSR count). The average Bonchev–Trinajstić information content (AvgIpc) is 2.25. The minimum absolute atomic E-state index is 0.0130. The van der Waals surface area contributed by atoms with Crippen LogP contribution in [0, 0.1) is 5.82 Å². The van der Waals surface area contributed by atoms with Crippen LogP contribution in [-0.2, 0) is 6.54 Å². The predicted molar refractivity (Wildman–Crippen MR) is 65.9 cm³/mol. The summed E-state index contributed by atoms with van der Waals surface area (Å²) in [5.41, 5.74) is 0.760. The summed E-state index contributed by atoms with van der Waals surface area (Å²) in [6.07, 6.45) is 0. The maximum atomic E-state index is 12.7. The number of benzene rings is 1. The minimum Gasteiger partial charge on any atom is -0.395 e. The molecule has 0 heterocycles. The molecular weight excluding hydrogens is 251 g/mol. The highest BCUT2D eigenvalue weighted by Gasteiger charge is 2.02. The van der Waals surface area contributed by atoms with Gasteiger partial charge in [-0.05, 0) is 29.9 Å². The van der Waals surface area contributed by atoms with Crippen molar-refractivity contribution >= 4 is 28.9 Å². The van der Waals surface area contributed by atoms with Gasteiger partial charge in [-0.1, -0.05) is 17.7 Å². The van der Waals surface area contributed by atoms with E-state index in [1.54, 1.807) is 6.07 Å². The van der Waals surface area contributed by atoms with E-state index in [2.05, 4.69) is 10.6 Å². The fourth-order valence-corrected chi connectivity index (χ4v) is 1.48. The van der Waals surface area contributed by atoms with Gasteiger partial charge in [0.25, 0.3) is 0 Å². The third kappa shape index (κ3) is 4.30. The van der Waals surface area contributed by atoms with Crippen molar-refractivity contribution in [3.8, 4) is 0 Å². The summed E-state index contributed by atoms with van der Waals surface area (Å²) in [4.78, 5) is 0. The number of rotatable bonds is 4. The van der Waals surface area contributed by atoms with Crippen molar-refractivity contribution in [3.63, 3.8) is 0 Å². The quantitative estimate of drug-likeness (QED) is 0.719. The predicted octanol–water partition coefficient (Wildman–Crippen LogP) is 1.44. The number of hydrogen-bond donors (Lipinski definition) is 3.